The molecule has 0 amide bonds. The topological polar surface area (TPSA) is 0 Å². The Bertz CT molecular complexity index is 946. The number of rotatable bonds is 14. The van der Waals surface area contributed by atoms with Gasteiger partial charge in [-0.25, -0.2) is 0 Å². The van der Waals surface area contributed by atoms with E-state index in [-0.39, 0.29) is 5.41 Å². The summed E-state index contributed by atoms with van der Waals surface area (Å²) >= 11 is 0. The van der Waals surface area contributed by atoms with Crippen LogP contribution in [0.4, 0.5) is 0 Å². The molecule has 3 rings (SSSR count). The molecular formula is C35H50. The number of hydrogen-bond donors (Lipinski definition) is 0. The molecule has 2 atom stereocenters. The molecule has 0 saturated carbocycles. The van der Waals surface area contributed by atoms with Crippen LogP contribution in [0.1, 0.15) is 122 Å². The van der Waals surface area contributed by atoms with Crippen molar-refractivity contribution in [3.8, 4) is 23.5 Å². The van der Waals surface area contributed by atoms with Gasteiger partial charge in [0.15, 0.2) is 0 Å². The summed E-state index contributed by atoms with van der Waals surface area (Å²) < 4.78 is 0. The van der Waals surface area contributed by atoms with Crippen LogP contribution in [0.2, 0.25) is 0 Å². The zero-order chi connectivity index (χ0) is 25.4. The Morgan fingerprint density at radius 3 is 1.74 bits per heavy atom. The van der Waals surface area contributed by atoms with E-state index in [1.54, 1.807) is 5.56 Å². The molecule has 35 heavy (non-hydrogen) atoms. The van der Waals surface area contributed by atoms with Crippen LogP contribution in [0.25, 0.3) is 11.1 Å². The fraction of sp³-hybridized carbons (Fsp3) is 0.600. The van der Waals surface area contributed by atoms with Crippen molar-refractivity contribution in [2.75, 3.05) is 0 Å². The number of terminal acetylenes is 1. The van der Waals surface area contributed by atoms with Crippen molar-refractivity contribution in [1.82, 2.24) is 0 Å². The lowest BCUT2D eigenvalue weighted by Gasteiger charge is -2.35. The summed E-state index contributed by atoms with van der Waals surface area (Å²) in [7, 11) is 0. The van der Waals surface area contributed by atoms with Crippen LogP contribution in [0.15, 0.2) is 42.5 Å². The third-order valence-corrected chi connectivity index (χ3v) is 8.52. The van der Waals surface area contributed by atoms with Crippen molar-refractivity contribution in [2.24, 2.45) is 23.7 Å². The van der Waals surface area contributed by atoms with E-state index in [2.05, 4.69) is 89.9 Å². The lowest BCUT2D eigenvalue weighted by atomic mass is 9.69. The molecule has 0 heterocycles. The highest BCUT2D eigenvalue weighted by atomic mass is 14.5. The standard InChI is InChI=1S/C35H50/c1-8-30-19-20-32-31-17-9-10-18-33(31)35(34(32)25-30,23-21-28(6)15-11-13-26(2)3)24-22-29(7)16-12-14-27(4)5/h1,9-10,17-20,25-29H,11-16,21-24H2,2-7H3/t28-,29-/m0/s1. The number of fused-ring (bicyclic) bond motifs is 3. The maximum absolute atomic E-state index is 5.89. The Morgan fingerprint density at radius 2 is 1.20 bits per heavy atom. The second-order valence-electron chi connectivity index (χ2n) is 12.5. The Kier molecular flexibility index (Phi) is 10.1. The molecule has 0 radical (unpaired) electrons. The third kappa shape index (κ3) is 7.03. The monoisotopic (exact) mass is 470 g/mol. The molecule has 0 nitrogen and oxygen atoms in total. The molecule has 0 heteroatoms. The lowest BCUT2D eigenvalue weighted by molar-refractivity contribution is 0.327. The van der Waals surface area contributed by atoms with E-state index in [1.165, 1.54) is 80.9 Å². The molecule has 2 aromatic rings. The molecule has 0 N–H and O–H groups in total. The van der Waals surface area contributed by atoms with Crippen LogP contribution in [0, 0.1) is 36.0 Å². The maximum Gasteiger partial charge on any atom is 0.0246 e. The van der Waals surface area contributed by atoms with E-state index in [9.17, 15) is 0 Å². The molecule has 0 fully saturated rings. The highest BCUT2D eigenvalue weighted by molar-refractivity contribution is 5.81. The Labute approximate surface area is 217 Å². The summed E-state index contributed by atoms with van der Waals surface area (Å²) in [5.41, 5.74) is 7.02. The molecule has 0 aliphatic heterocycles. The first kappa shape index (κ1) is 27.6. The molecular weight excluding hydrogens is 420 g/mol. The molecule has 0 unspecified atom stereocenters. The zero-order valence-electron chi connectivity index (χ0n) is 23.5. The Balaban J connectivity index is 1.87. The Hall–Kier alpha value is -2.00. The van der Waals surface area contributed by atoms with E-state index in [0.717, 1.165) is 29.2 Å². The van der Waals surface area contributed by atoms with E-state index in [0.29, 0.717) is 0 Å². The first-order valence-electron chi connectivity index (χ1n) is 14.5. The van der Waals surface area contributed by atoms with Gasteiger partial charge in [0.1, 0.15) is 0 Å². The van der Waals surface area contributed by atoms with Gasteiger partial charge in [0.25, 0.3) is 0 Å². The van der Waals surface area contributed by atoms with E-state index >= 15 is 0 Å². The fourth-order valence-corrected chi connectivity index (χ4v) is 6.23. The van der Waals surface area contributed by atoms with Crippen LogP contribution in [0.3, 0.4) is 0 Å². The molecule has 0 aromatic heterocycles. The zero-order valence-corrected chi connectivity index (χ0v) is 23.5. The van der Waals surface area contributed by atoms with E-state index in [4.69, 9.17) is 6.42 Å². The first-order valence-corrected chi connectivity index (χ1v) is 14.5. The molecule has 0 spiro atoms. The van der Waals surface area contributed by atoms with Gasteiger partial charge in [0.05, 0.1) is 0 Å². The van der Waals surface area contributed by atoms with E-state index < -0.39 is 0 Å². The third-order valence-electron chi connectivity index (χ3n) is 8.52. The lowest BCUT2D eigenvalue weighted by Crippen LogP contribution is -2.27. The number of hydrogen-bond acceptors (Lipinski definition) is 0. The summed E-state index contributed by atoms with van der Waals surface area (Å²) in [6.07, 6.45) is 19.0. The largest absolute Gasteiger partial charge is 0.115 e. The number of benzene rings is 2. The van der Waals surface area contributed by atoms with Crippen molar-refractivity contribution in [3.05, 3.63) is 59.2 Å². The molecule has 0 saturated heterocycles. The second kappa shape index (κ2) is 12.8. The van der Waals surface area contributed by atoms with Gasteiger partial charge in [-0.2, -0.15) is 0 Å². The normalized spacial score (nSPS) is 15.6. The quantitative estimate of drug-likeness (QED) is 0.241. The van der Waals surface area contributed by atoms with E-state index in [1.807, 2.05) is 0 Å². The predicted molar refractivity (Wildman–Crippen MR) is 155 cm³/mol. The average Bonchev–Trinajstić information content (AvgIpc) is 3.10. The minimum absolute atomic E-state index is 0.0946. The van der Waals surface area contributed by atoms with Crippen LogP contribution in [-0.4, -0.2) is 0 Å². The van der Waals surface area contributed by atoms with Crippen molar-refractivity contribution in [2.45, 2.75) is 111 Å². The minimum atomic E-state index is 0.0946. The molecule has 2 aromatic carbocycles. The summed E-state index contributed by atoms with van der Waals surface area (Å²) in [6.45, 7) is 14.3. The predicted octanol–water partition coefficient (Wildman–Crippen LogP) is 10.4. The molecule has 1 aliphatic rings. The highest BCUT2D eigenvalue weighted by Gasteiger charge is 2.42. The van der Waals surface area contributed by atoms with Crippen molar-refractivity contribution in [3.63, 3.8) is 0 Å². The van der Waals surface area contributed by atoms with Gasteiger partial charge >= 0.3 is 0 Å². The Morgan fingerprint density at radius 1 is 0.657 bits per heavy atom. The fourth-order valence-electron chi connectivity index (χ4n) is 6.23. The van der Waals surface area contributed by atoms with Crippen LogP contribution in [-0.2, 0) is 5.41 Å². The summed E-state index contributed by atoms with van der Waals surface area (Å²) in [4.78, 5) is 0. The van der Waals surface area contributed by atoms with Crippen molar-refractivity contribution in [1.29, 1.82) is 0 Å². The van der Waals surface area contributed by atoms with Crippen LogP contribution >= 0.6 is 0 Å². The van der Waals surface area contributed by atoms with Gasteiger partial charge in [0, 0.05) is 11.0 Å². The average molecular weight is 471 g/mol. The molecule has 1 aliphatic carbocycles. The minimum Gasteiger partial charge on any atom is -0.115 e. The smallest absolute Gasteiger partial charge is 0.0246 e. The first-order chi connectivity index (χ1) is 16.8. The van der Waals surface area contributed by atoms with Gasteiger partial charge < -0.3 is 0 Å². The van der Waals surface area contributed by atoms with Crippen molar-refractivity contribution < 1.29 is 0 Å². The van der Waals surface area contributed by atoms with Gasteiger partial charge in [-0.3, -0.25) is 0 Å². The molecule has 0 bridgehead atoms. The SMILES string of the molecule is C#Cc1ccc2c(c1)C(CC[C@@H](C)CCCC(C)C)(CC[C@@H](C)CCCC(C)C)c1ccccc1-2. The second-order valence-corrected chi connectivity index (χ2v) is 12.5. The maximum atomic E-state index is 5.89. The summed E-state index contributed by atoms with van der Waals surface area (Å²) in [5.74, 6) is 6.07. The van der Waals surface area contributed by atoms with Crippen LogP contribution in [0.5, 0.6) is 0 Å². The summed E-state index contributed by atoms with van der Waals surface area (Å²) in [5, 5.41) is 0. The highest BCUT2D eigenvalue weighted by Crippen LogP contribution is 2.54. The van der Waals surface area contributed by atoms with Gasteiger partial charge in [0.2, 0.25) is 0 Å². The summed E-state index contributed by atoms with van der Waals surface area (Å²) in [6, 6.07) is 16.0. The van der Waals surface area contributed by atoms with Gasteiger partial charge in [-0.05, 0) is 83.7 Å². The van der Waals surface area contributed by atoms with Crippen LogP contribution < -0.4 is 0 Å². The molecule has 190 valence electrons. The van der Waals surface area contributed by atoms with Gasteiger partial charge in [-0.15, -0.1) is 6.42 Å². The van der Waals surface area contributed by atoms with Gasteiger partial charge in [-0.1, -0.05) is 116 Å². The van der Waals surface area contributed by atoms with Crippen molar-refractivity contribution >= 4 is 0 Å².